The molecule has 0 aromatic carbocycles. The molecule has 3 aliphatic heterocycles. The minimum absolute atomic E-state index is 0.0259. The molecule has 236 valence electrons. The Labute approximate surface area is 250 Å². The molecule has 9 atom stereocenters. The van der Waals surface area contributed by atoms with E-state index in [0.29, 0.717) is 0 Å². The van der Waals surface area contributed by atoms with Crippen LogP contribution in [0.2, 0.25) is 0 Å². The highest BCUT2D eigenvalue weighted by Crippen LogP contribution is 2.51. The quantitative estimate of drug-likeness (QED) is 0.189. The molecule has 4 aromatic heterocycles. The van der Waals surface area contributed by atoms with Crippen molar-refractivity contribution in [3.63, 3.8) is 0 Å². The number of nitrogens with one attached hydrogen (secondary N) is 1. The molecule has 3 fully saturated rings. The smallest absolute Gasteiger partial charge is 0.336 e. The summed E-state index contributed by atoms with van der Waals surface area (Å²) in [7, 11) is -4.73. The van der Waals surface area contributed by atoms with Crippen molar-refractivity contribution >= 4 is 62.8 Å². The first kappa shape index (κ1) is 29.6. The molecule has 0 aliphatic carbocycles. The maximum absolute atomic E-state index is 15.9. The lowest BCUT2D eigenvalue weighted by atomic mass is 10.1. The Bertz CT molecular complexity index is 1900. The van der Waals surface area contributed by atoms with Crippen molar-refractivity contribution in [3.8, 4) is 0 Å². The van der Waals surface area contributed by atoms with E-state index in [0.717, 1.165) is 12.7 Å². The van der Waals surface area contributed by atoms with Gasteiger partial charge in [0.1, 0.15) is 48.1 Å². The van der Waals surface area contributed by atoms with Gasteiger partial charge in [-0.25, -0.2) is 42.9 Å². The Morgan fingerprint density at radius 2 is 1.45 bits per heavy atom. The van der Waals surface area contributed by atoms with Gasteiger partial charge < -0.3 is 30.4 Å². The average Bonchev–Trinajstić information content (AvgIpc) is 3.73. The van der Waals surface area contributed by atoms with E-state index in [2.05, 4.69) is 34.6 Å². The van der Waals surface area contributed by atoms with Crippen LogP contribution in [0.15, 0.2) is 25.3 Å². The summed E-state index contributed by atoms with van der Waals surface area (Å²) in [6.45, 7) is -5.61. The van der Waals surface area contributed by atoms with E-state index in [4.69, 9.17) is 46.0 Å². The molecule has 0 bridgehead atoms. The predicted octanol–water partition coefficient (Wildman–Crippen LogP) is -0.847. The van der Waals surface area contributed by atoms with Crippen LogP contribution in [0.25, 0.3) is 22.3 Å². The third-order valence-electron chi connectivity index (χ3n) is 7.21. The van der Waals surface area contributed by atoms with Crippen molar-refractivity contribution in [1.82, 2.24) is 43.8 Å². The lowest BCUT2D eigenvalue weighted by Crippen LogP contribution is -2.45. The van der Waals surface area contributed by atoms with E-state index in [9.17, 15) is 13.3 Å². The third kappa shape index (κ3) is 5.07. The summed E-state index contributed by atoms with van der Waals surface area (Å²) in [6, 6.07) is 0. The first-order valence-electron chi connectivity index (χ1n) is 12.7. The highest BCUT2D eigenvalue weighted by Gasteiger charge is 2.53. The van der Waals surface area contributed by atoms with Gasteiger partial charge in [-0.2, -0.15) is 13.1 Å². The van der Waals surface area contributed by atoms with Crippen molar-refractivity contribution in [1.29, 1.82) is 0 Å². The molecule has 0 amide bonds. The SMILES string of the molecule is Nc1ncnc2c1ncn2C1OC2CNS(=O)(=O)OC3C(COP(O)(=S)OC2C1F)OC(n1cnc2c(N)ncnc21)C3F. The Morgan fingerprint density at radius 3 is 2.05 bits per heavy atom. The molecule has 0 radical (unpaired) electrons. The van der Waals surface area contributed by atoms with Gasteiger partial charge >= 0.3 is 17.0 Å². The number of ether oxygens (including phenoxy) is 2. The fourth-order valence-corrected chi connectivity index (χ4v) is 7.60. The molecule has 0 saturated carbocycles. The van der Waals surface area contributed by atoms with E-state index in [1.807, 2.05) is 0 Å². The number of alkyl halides is 2. The first-order valence-corrected chi connectivity index (χ1v) is 16.7. The van der Waals surface area contributed by atoms with Crippen molar-refractivity contribution in [2.45, 2.75) is 49.2 Å². The largest absolute Gasteiger partial charge is 0.382 e. The van der Waals surface area contributed by atoms with Crippen molar-refractivity contribution in [2.24, 2.45) is 0 Å². The number of halogens is 2. The van der Waals surface area contributed by atoms with E-state index < -0.39 is 79.4 Å². The number of aromatic nitrogens is 8. The monoisotopic (exact) mass is 677 g/mol. The topological polar surface area (TPSA) is 252 Å². The maximum Gasteiger partial charge on any atom is 0.336 e. The zero-order chi connectivity index (χ0) is 31.0. The van der Waals surface area contributed by atoms with Gasteiger partial charge in [0.15, 0.2) is 47.7 Å². The second kappa shape index (κ2) is 10.8. The second-order valence-electron chi connectivity index (χ2n) is 9.88. The molecule has 44 heavy (non-hydrogen) atoms. The molecule has 3 saturated heterocycles. The van der Waals surface area contributed by atoms with Gasteiger partial charge in [-0.05, 0) is 11.8 Å². The Morgan fingerprint density at radius 1 is 0.909 bits per heavy atom. The molecule has 7 rings (SSSR count). The molecule has 24 heteroatoms. The zero-order valence-electron chi connectivity index (χ0n) is 21.9. The number of nitrogens with two attached hydrogens (primary N) is 2. The second-order valence-corrected chi connectivity index (χ2v) is 14.1. The van der Waals surface area contributed by atoms with Gasteiger partial charge in [-0.3, -0.25) is 13.7 Å². The molecule has 19 nitrogen and oxygen atoms in total. The Kier molecular flexibility index (Phi) is 7.23. The van der Waals surface area contributed by atoms with Gasteiger partial charge in [-0.15, -0.1) is 0 Å². The number of imidazole rings is 2. The molecule has 9 unspecified atom stereocenters. The Balaban J connectivity index is 1.17. The summed E-state index contributed by atoms with van der Waals surface area (Å²) in [6.07, 6.45) is -8.74. The first-order chi connectivity index (χ1) is 20.9. The van der Waals surface area contributed by atoms with Crippen LogP contribution in [0, 0.1) is 0 Å². The summed E-state index contributed by atoms with van der Waals surface area (Å²) >= 11 is 5.12. The van der Waals surface area contributed by atoms with Crippen LogP contribution in [-0.4, -0.2) is 102 Å². The standard InChI is InChI=1S/C20H22F2N11O8PS2/c21-9-13-7(38-19(9)32-5-29-11-15(23)25-3-27-17(11)32)1-31-44(35,36)41-14-8(2-37-42(34,43)40-13)39-20(10(14)22)33-6-30-12-16(24)26-4-28-18(12)33/h3-10,13-14,19-20,31H,1-2H2,(H,34,43)(H2,23,25,27)(H2,24,26,28). The number of hydrogen-bond donors (Lipinski definition) is 4. The van der Waals surface area contributed by atoms with E-state index in [1.54, 1.807) is 0 Å². The number of nitrogens with zero attached hydrogens (tertiary/aromatic N) is 8. The van der Waals surface area contributed by atoms with Gasteiger partial charge in [0.05, 0.1) is 19.3 Å². The number of rotatable bonds is 2. The van der Waals surface area contributed by atoms with E-state index in [1.165, 1.54) is 21.8 Å². The molecule has 3 aliphatic rings. The minimum Gasteiger partial charge on any atom is -0.382 e. The van der Waals surface area contributed by atoms with Gasteiger partial charge in [0, 0.05) is 6.54 Å². The van der Waals surface area contributed by atoms with Gasteiger partial charge in [-0.1, -0.05) is 0 Å². The molecule has 7 heterocycles. The lowest BCUT2D eigenvalue weighted by molar-refractivity contribution is -0.0454. The molecule has 6 N–H and O–H groups in total. The van der Waals surface area contributed by atoms with Gasteiger partial charge in [0.25, 0.3) is 0 Å². The van der Waals surface area contributed by atoms with Crippen LogP contribution in [-0.2, 0) is 44.8 Å². The van der Waals surface area contributed by atoms with E-state index in [-0.39, 0.29) is 34.0 Å². The molecule has 0 spiro atoms. The van der Waals surface area contributed by atoms with Crippen LogP contribution in [0.5, 0.6) is 0 Å². The summed E-state index contributed by atoms with van der Waals surface area (Å²) < 4.78 is 90.0. The molecular weight excluding hydrogens is 655 g/mol. The highest BCUT2D eigenvalue weighted by molar-refractivity contribution is 8.07. The number of fused-ring (bicyclic) bond motifs is 4. The van der Waals surface area contributed by atoms with Crippen LogP contribution >= 0.6 is 6.72 Å². The normalized spacial score (nSPS) is 36.1. The molecule has 4 aromatic rings. The summed E-state index contributed by atoms with van der Waals surface area (Å²) in [5.74, 6) is 0.0618. The van der Waals surface area contributed by atoms with Crippen LogP contribution in [0.4, 0.5) is 20.4 Å². The molecular formula is C20H22F2N11O8PS2. The Hall–Kier alpha value is -3.12. The third-order valence-corrected chi connectivity index (χ3v) is 9.77. The summed E-state index contributed by atoms with van der Waals surface area (Å²) in [5.41, 5.74) is 12.2. The number of nitrogen functional groups attached to an aromatic ring is 2. The van der Waals surface area contributed by atoms with E-state index >= 15 is 8.78 Å². The summed E-state index contributed by atoms with van der Waals surface area (Å²) in [5, 5.41) is 0. The van der Waals surface area contributed by atoms with Crippen molar-refractivity contribution < 1.29 is 44.8 Å². The minimum atomic E-state index is -4.73. The fourth-order valence-electron chi connectivity index (χ4n) is 5.20. The van der Waals surface area contributed by atoms with Crippen LogP contribution < -0.4 is 16.2 Å². The van der Waals surface area contributed by atoms with Gasteiger partial charge in [0.2, 0.25) is 0 Å². The maximum atomic E-state index is 15.9. The summed E-state index contributed by atoms with van der Waals surface area (Å²) in [4.78, 5) is 34.8. The average molecular weight is 678 g/mol. The van der Waals surface area contributed by atoms with Crippen molar-refractivity contribution in [2.75, 3.05) is 24.6 Å². The fraction of sp³-hybridized carbons (Fsp3) is 0.500. The highest BCUT2D eigenvalue weighted by atomic mass is 32.5. The number of hydrogen-bond acceptors (Lipinski definition) is 16. The van der Waals surface area contributed by atoms with Crippen molar-refractivity contribution in [3.05, 3.63) is 25.3 Å². The zero-order valence-corrected chi connectivity index (χ0v) is 24.4. The lowest BCUT2D eigenvalue weighted by Gasteiger charge is -2.27. The predicted molar refractivity (Wildman–Crippen MR) is 146 cm³/mol. The number of anilines is 2. The van der Waals surface area contributed by atoms with Crippen LogP contribution in [0.1, 0.15) is 12.5 Å². The van der Waals surface area contributed by atoms with Crippen LogP contribution in [0.3, 0.4) is 0 Å².